The summed E-state index contributed by atoms with van der Waals surface area (Å²) >= 11 is 0. The lowest BCUT2D eigenvalue weighted by Gasteiger charge is -2.09. The van der Waals surface area contributed by atoms with Gasteiger partial charge in [0.05, 0.1) is 6.20 Å². The zero-order valence-corrected chi connectivity index (χ0v) is 10.9. The van der Waals surface area contributed by atoms with Gasteiger partial charge < -0.3 is 5.32 Å². The molecule has 0 unspecified atom stereocenters. The zero-order valence-electron chi connectivity index (χ0n) is 10.9. The van der Waals surface area contributed by atoms with E-state index in [1.54, 1.807) is 6.20 Å². The Balaban J connectivity index is 1.60. The third-order valence-corrected chi connectivity index (χ3v) is 3.81. The highest BCUT2D eigenvalue weighted by atomic mass is 16.1. The fourth-order valence-electron chi connectivity index (χ4n) is 2.62. The van der Waals surface area contributed by atoms with Crippen molar-refractivity contribution in [1.29, 1.82) is 0 Å². The summed E-state index contributed by atoms with van der Waals surface area (Å²) in [7, 11) is 0. The highest BCUT2D eigenvalue weighted by Crippen LogP contribution is 2.26. The maximum Gasteiger partial charge on any atom is 0.224 e. The van der Waals surface area contributed by atoms with Gasteiger partial charge in [-0.2, -0.15) is 5.10 Å². The molecule has 1 heterocycles. The van der Waals surface area contributed by atoms with Gasteiger partial charge in [0.1, 0.15) is 0 Å². The van der Waals surface area contributed by atoms with E-state index in [1.807, 2.05) is 19.1 Å². The molecule has 0 radical (unpaired) electrons. The fraction of sp³-hybridized carbons (Fsp3) is 0.333. The number of hydrogen-bond acceptors (Lipinski definition) is 2. The van der Waals surface area contributed by atoms with Gasteiger partial charge in [0, 0.05) is 23.7 Å². The summed E-state index contributed by atoms with van der Waals surface area (Å²) in [6.07, 6.45) is 3.47. The predicted octanol–water partition coefficient (Wildman–Crippen LogP) is 1.75. The number of rotatable bonds is 3. The van der Waals surface area contributed by atoms with E-state index in [0.717, 1.165) is 24.1 Å². The molecule has 0 saturated carbocycles. The van der Waals surface area contributed by atoms with Crippen LogP contribution in [0.5, 0.6) is 0 Å². The highest BCUT2D eigenvalue weighted by molar-refractivity contribution is 5.80. The maximum absolute atomic E-state index is 12.2. The third kappa shape index (κ3) is 2.38. The summed E-state index contributed by atoms with van der Waals surface area (Å²) in [6, 6.07) is 8.30. The largest absolute Gasteiger partial charge is 0.352 e. The van der Waals surface area contributed by atoms with E-state index < -0.39 is 0 Å². The van der Waals surface area contributed by atoms with Gasteiger partial charge in [-0.05, 0) is 30.9 Å². The lowest BCUT2D eigenvalue weighted by atomic mass is 10.1. The number of fused-ring (bicyclic) bond motifs is 1. The van der Waals surface area contributed by atoms with Crippen molar-refractivity contribution in [2.24, 2.45) is 5.92 Å². The van der Waals surface area contributed by atoms with Crippen molar-refractivity contribution in [1.82, 2.24) is 15.5 Å². The Kier molecular flexibility index (Phi) is 3.07. The highest BCUT2D eigenvalue weighted by Gasteiger charge is 2.26. The number of aromatic nitrogens is 2. The average Bonchev–Trinajstić information content (AvgIpc) is 3.01. The van der Waals surface area contributed by atoms with Crippen molar-refractivity contribution >= 4 is 5.91 Å². The maximum atomic E-state index is 12.2. The Morgan fingerprint density at radius 2 is 2.05 bits per heavy atom. The van der Waals surface area contributed by atoms with Crippen LogP contribution in [0.3, 0.4) is 0 Å². The Labute approximate surface area is 112 Å². The molecule has 0 bridgehead atoms. The van der Waals surface area contributed by atoms with E-state index in [0.29, 0.717) is 6.54 Å². The predicted molar refractivity (Wildman–Crippen MR) is 72.5 cm³/mol. The van der Waals surface area contributed by atoms with Crippen molar-refractivity contribution < 1.29 is 4.79 Å². The molecule has 98 valence electrons. The van der Waals surface area contributed by atoms with Crippen molar-refractivity contribution in [3.05, 3.63) is 52.8 Å². The van der Waals surface area contributed by atoms with Crippen LogP contribution >= 0.6 is 0 Å². The van der Waals surface area contributed by atoms with E-state index >= 15 is 0 Å². The molecule has 0 atom stereocenters. The summed E-state index contributed by atoms with van der Waals surface area (Å²) in [4.78, 5) is 12.2. The van der Waals surface area contributed by atoms with E-state index in [9.17, 15) is 4.79 Å². The number of nitrogens with zero attached hydrogens (tertiary/aromatic N) is 1. The quantitative estimate of drug-likeness (QED) is 0.878. The molecule has 1 aliphatic rings. The average molecular weight is 255 g/mol. The lowest BCUT2D eigenvalue weighted by molar-refractivity contribution is -0.124. The SMILES string of the molecule is Cc1[nH]ncc1CNC(=O)C1Cc2ccccc2C1. The van der Waals surface area contributed by atoms with Gasteiger partial charge >= 0.3 is 0 Å². The van der Waals surface area contributed by atoms with Crippen molar-refractivity contribution in [2.45, 2.75) is 26.3 Å². The summed E-state index contributed by atoms with van der Waals surface area (Å²) < 4.78 is 0. The summed E-state index contributed by atoms with van der Waals surface area (Å²) in [5.41, 5.74) is 4.67. The lowest BCUT2D eigenvalue weighted by Crippen LogP contribution is -2.30. The molecule has 1 aliphatic carbocycles. The molecule has 0 saturated heterocycles. The Hall–Kier alpha value is -2.10. The first kappa shape index (κ1) is 12.0. The number of carbonyl (C=O) groups is 1. The first-order chi connectivity index (χ1) is 9.24. The van der Waals surface area contributed by atoms with Crippen LogP contribution in [0, 0.1) is 12.8 Å². The number of nitrogens with one attached hydrogen (secondary N) is 2. The second-order valence-electron chi connectivity index (χ2n) is 5.11. The van der Waals surface area contributed by atoms with Gasteiger partial charge in [0.15, 0.2) is 0 Å². The molecule has 4 nitrogen and oxygen atoms in total. The standard InChI is InChI=1S/C15H17N3O/c1-10-14(9-17-18-10)8-16-15(19)13-6-11-4-2-3-5-12(11)7-13/h2-5,9,13H,6-8H2,1H3,(H,16,19)(H,17,18). The minimum absolute atomic E-state index is 0.0737. The molecule has 3 rings (SSSR count). The van der Waals surface area contributed by atoms with Gasteiger partial charge in [-0.25, -0.2) is 0 Å². The minimum atomic E-state index is 0.0737. The van der Waals surface area contributed by atoms with Gasteiger partial charge in [-0.1, -0.05) is 24.3 Å². The van der Waals surface area contributed by atoms with Gasteiger partial charge in [0.2, 0.25) is 5.91 Å². The van der Waals surface area contributed by atoms with E-state index in [1.165, 1.54) is 11.1 Å². The molecule has 4 heteroatoms. The molecule has 0 fully saturated rings. The number of aryl methyl sites for hydroxylation is 1. The Morgan fingerprint density at radius 1 is 1.37 bits per heavy atom. The monoisotopic (exact) mass is 255 g/mol. The van der Waals surface area contributed by atoms with Crippen LogP contribution in [0.4, 0.5) is 0 Å². The van der Waals surface area contributed by atoms with Crippen LogP contribution in [-0.4, -0.2) is 16.1 Å². The molecule has 0 spiro atoms. The van der Waals surface area contributed by atoms with Crippen molar-refractivity contribution in [3.63, 3.8) is 0 Å². The van der Waals surface area contributed by atoms with Gasteiger partial charge in [0.25, 0.3) is 0 Å². The first-order valence-corrected chi connectivity index (χ1v) is 6.57. The van der Waals surface area contributed by atoms with Crippen molar-refractivity contribution in [3.8, 4) is 0 Å². The molecule has 1 amide bonds. The molecule has 0 aliphatic heterocycles. The fourth-order valence-corrected chi connectivity index (χ4v) is 2.62. The third-order valence-electron chi connectivity index (χ3n) is 3.81. The number of benzene rings is 1. The molecular formula is C15H17N3O. The molecule has 1 aromatic heterocycles. The van der Waals surface area contributed by atoms with Crippen LogP contribution in [0.15, 0.2) is 30.5 Å². The smallest absolute Gasteiger partial charge is 0.224 e. The molecule has 1 aromatic carbocycles. The number of H-pyrrole nitrogens is 1. The molecular weight excluding hydrogens is 238 g/mol. The van der Waals surface area contributed by atoms with Crippen molar-refractivity contribution in [2.75, 3.05) is 0 Å². The first-order valence-electron chi connectivity index (χ1n) is 6.57. The van der Waals surface area contributed by atoms with Gasteiger partial charge in [-0.15, -0.1) is 0 Å². The number of carbonyl (C=O) groups excluding carboxylic acids is 1. The van der Waals surface area contributed by atoms with Crippen LogP contribution in [0.2, 0.25) is 0 Å². The van der Waals surface area contributed by atoms with E-state index in [2.05, 4.69) is 27.6 Å². The summed E-state index contributed by atoms with van der Waals surface area (Å²) in [5, 5.41) is 9.83. The van der Waals surface area contributed by atoms with E-state index in [4.69, 9.17) is 0 Å². The van der Waals surface area contributed by atoms with Crippen LogP contribution in [-0.2, 0) is 24.2 Å². The van der Waals surface area contributed by atoms with Crippen LogP contribution < -0.4 is 5.32 Å². The Bertz CT molecular complexity index is 578. The van der Waals surface area contributed by atoms with Crippen LogP contribution in [0.1, 0.15) is 22.4 Å². The molecule has 2 N–H and O–H groups in total. The second-order valence-corrected chi connectivity index (χ2v) is 5.11. The number of aromatic amines is 1. The normalized spacial score (nSPS) is 14.4. The second kappa shape index (κ2) is 4.88. The topological polar surface area (TPSA) is 57.8 Å². The number of hydrogen-bond donors (Lipinski definition) is 2. The van der Waals surface area contributed by atoms with E-state index in [-0.39, 0.29) is 11.8 Å². The van der Waals surface area contributed by atoms with Crippen LogP contribution in [0.25, 0.3) is 0 Å². The molecule has 19 heavy (non-hydrogen) atoms. The van der Waals surface area contributed by atoms with Gasteiger partial charge in [-0.3, -0.25) is 9.89 Å². The summed E-state index contributed by atoms with van der Waals surface area (Å²) in [5.74, 6) is 0.210. The minimum Gasteiger partial charge on any atom is -0.352 e. The summed E-state index contributed by atoms with van der Waals surface area (Å²) in [6.45, 7) is 2.51. The Morgan fingerprint density at radius 3 is 2.63 bits per heavy atom. The molecule has 2 aromatic rings. The zero-order chi connectivity index (χ0) is 13.2. The number of amides is 1.